The van der Waals surface area contributed by atoms with Crippen molar-refractivity contribution in [1.82, 2.24) is 24.7 Å². The Hall–Kier alpha value is -3.73. The zero-order chi connectivity index (χ0) is 24.6. The SMILES string of the molecule is CCOc1cccc(-c2nc3nnc(CS(=O)(=O)C4CC4)cc3n2-c2c(OC)cccc2OC)n1. The van der Waals surface area contributed by atoms with Crippen LogP contribution < -0.4 is 14.2 Å². The molecular weight excluding hydrogens is 470 g/mol. The van der Waals surface area contributed by atoms with Crippen molar-refractivity contribution >= 4 is 21.0 Å². The highest BCUT2D eigenvalue weighted by Gasteiger charge is 2.36. The molecule has 1 aromatic carbocycles. The summed E-state index contributed by atoms with van der Waals surface area (Å²) in [7, 11) is -0.144. The number of hydrogen-bond donors (Lipinski definition) is 0. The van der Waals surface area contributed by atoms with Gasteiger partial charge in [-0.05, 0) is 44.0 Å². The van der Waals surface area contributed by atoms with Gasteiger partial charge in [-0.1, -0.05) is 12.1 Å². The molecule has 1 aliphatic rings. The summed E-state index contributed by atoms with van der Waals surface area (Å²) in [5, 5.41) is 8.13. The van der Waals surface area contributed by atoms with Gasteiger partial charge in [-0.2, -0.15) is 5.10 Å². The first-order valence-corrected chi connectivity index (χ1v) is 12.9. The minimum atomic E-state index is -3.28. The quantitative estimate of drug-likeness (QED) is 0.344. The van der Waals surface area contributed by atoms with Crippen LogP contribution in [0.3, 0.4) is 0 Å². The van der Waals surface area contributed by atoms with Crippen molar-refractivity contribution < 1.29 is 22.6 Å². The molecule has 0 aliphatic heterocycles. The smallest absolute Gasteiger partial charge is 0.213 e. The predicted molar refractivity (Wildman–Crippen MR) is 130 cm³/mol. The highest BCUT2D eigenvalue weighted by atomic mass is 32.2. The van der Waals surface area contributed by atoms with E-state index in [2.05, 4.69) is 15.2 Å². The number of aromatic nitrogens is 5. The molecule has 35 heavy (non-hydrogen) atoms. The molecule has 1 fully saturated rings. The van der Waals surface area contributed by atoms with E-state index < -0.39 is 9.84 Å². The molecule has 0 saturated heterocycles. The molecule has 0 unspecified atom stereocenters. The van der Waals surface area contributed by atoms with Gasteiger partial charge in [0.05, 0.1) is 43.0 Å². The normalized spacial score (nSPS) is 13.7. The fourth-order valence-corrected chi connectivity index (χ4v) is 5.61. The number of fused-ring (bicyclic) bond motifs is 1. The second-order valence-electron chi connectivity index (χ2n) is 8.13. The van der Waals surface area contributed by atoms with Crippen molar-refractivity contribution in [3.05, 3.63) is 48.2 Å². The van der Waals surface area contributed by atoms with Crippen molar-refractivity contribution in [2.24, 2.45) is 0 Å². The molecule has 0 radical (unpaired) electrons. The summed E-state index contributed by atoms with van der Waals surface area (Å²) in [5.74, 6) is 1.81. The first kappa shape index (κ1) is 23.0. The van der Waals surface area contributed by atoms with Gasteiger partial charge in [0.1, 0.15) is 22.9 Å². The zero-order valence-electron chi connectivity index (χ0n) is 19.6. The Morgan fingerprint density at radius 1 is 1.00 bits per heavy atom. The van der Waals surface area contributed by atoms with Crippen LogP contribution in [-0.2, 0) is 15.6 Å². The molecule has 3 aromatic heterocycles. The lowest BCUT2D eigenvalue weighted by Gasteiger charge is -2.16. The maximum Gasteiger partial charge on any atom is 0.213 e. The number of hydrogen-bond acceptors (Lipinski definition) is 9. The summed E-state index contributed by atoms with van der Waals surface area (Å²) in [6, 6.07) is 12.6. The second kappa shape index (κ2) is 9.14. The molecule has 0 spiro atoms. The van der Waals surface area contributed by atoms with E-state index in [0.717, 1.165) is 0 Å². The van der Waals surface area contributed by atoms with Crippen LogP contribution >= 0.6 is 0 Å². The summed E-state index contributed by atoms with van der Waals surface area (Å²) in [6.45, 7) is 2.35. The molecule has 0 atom stereocenters. The number of para-hydroxylation sites is 1. The predicted octanol–water partition coefficient (Wildman–Crippen LogP) is 3.37. The lowest BCUT2D eigenvalue weighted by Crippen LogP contribution is -2.11. The third-order valence-corrected chi connectivity index (χ3v) is 7.91. The Balaban J connectivity index is 1.77. The number of nitrogens with zero attached hydrogens (tertiary/aromatic N) is 5. The zero-order valence-corrected chi connectivity index (χ0v) is 20.4. The number of rotatable bonds is 9. The van der Waals surface area contributed by atoms with Crippen LogP contribution in [-0.4, -0.2) is 59.2 Å². The number of imidazole rings is 1. The third kappa shape index (κ3) is 4.39. The van der Waals surface area contributed by atoms with E-state index in [-0.39, 0.29) is 11.0 Å². The van der Waals surface area contributed by atoms with Gasteiger partial charge >= 0.3 is 0 Å². The van der Waals surface area contributed by atoms with Crippen LogP contribution in [0.4, 0.5) is 0 Å². The van der Waals surface area contributed by atoms with Crippen molar-refractivity contribution in [2.75, 3.05) is 20.8 Å². The number of pyridine rings is 1. The average molecular weight is 496 g/mol. The minimum absolute atomic E-state index is 0.178. The molecule has 1 aliphatic carbocycles. The van der Waals surface area contributed by atoms with E-state index in [9.17, 15) is 8.42 Å². The Morgan fingerprint density at radius 2 is 1.71 bits per heavy atom. The molecule has 4 aromatic rings. The molecule has 3 heterocycles. The molecule has 0 amide bonds. The van der Waals surface area contributed by atoms with E-state index in [1.807, 2.05) is 41.8 Å². The van der Waals surface area contributed by atoms with Crippen LogP contribution in [0.15, 0.2) is 42.5 Å². The molecular formula is C24H25N5O5S. The van der Waals surface area contributed by atoms with E-state index in [1.54, 1.807) is 26.4 Å². The summed E-state index contributed by atoms with van der Waals surface area (Å²) < 4.78 is 44.0. The average Bonchev–Trinajstić information content (AvgIpc) is 3.66. The number of sulfone groups is 1. The highest BCUT2D eigenvalue weighted by molar-refractivity contribution is 7.91. The van der Waals surface area contributed by atoms with Gasteiger partial charge in [0.15, 0.2) is 15.7 Å². The molecule has 0 bridgehead atoms. The standard InChI is InChI=1S/C24H25N5O5S/c1-4-34-21-10-5-7-17(25-21)24-26-23-18(13-15(27-28-23)14-35(30,31)16-11-12-16)29(24)22-19(32-2)8-6-9-20(22)33-3/h5-10,13,16H,4,11-12,14H2,1-3H3. The largest absolute Gasteiger partial charge is 0.494 e. The summed E-state index contributed by atoms with van der Waals surface area (Å²) in [5.41, 5.74) is 2.37. The molecule has 0 N–H and O–H groups in total. The topological polar surface area (TPSA) is 118 Å². The lowest BCUT2D eigenvalue weighted by atomic mass is 10.2. The maximum atomic E-state index is 12.6. The fraction of sp³-hybridized carbons (Fsp3) is 0.333. The van der Waals surface area contributed by atoms with Gasteiger partial charge in [-0.3, -0.25) is 4.57 Å². The van der Waals surface area contributed by atoms with Crippen LogP contribution in [0, 0.1) is 0 Å². The van der Waals surface area contributed by atoms with Crippen LogP contribution in [0.2, 0.25) is 0 Å². The number of benzene rings is 1. The molecule has 182 valence electrons. The highest BCUT2D eigenvalue weighted by Crippen LogP contribution is 2.38. The van der Waals surface area contributed by atoms with Gasteiger partial charge in [-0.15, -0.1) is 5.10 Å². The number of ether oxygens (including phenoxy) is 3. The first-order chi connectivity index (χ1) is 16.9. The number of methoxy groups -OCH3 is 2. The molecule has 5 rings (SSSR count). The Labute approximate surface area is 202 Å². The minimum Gasteiger partial charge on any atom is -0.494 e. The third-order valence-electron chi connectivity index (χ3n) is 5.72. The molecule has 10 nitrogen and oxygen atoms in total. The summed E-state index contributed by atoms with van der Waals surface area (Å²) in [6.07, 6.45) is 1.39. The van der Waals surface area contributed by atoms with Gasteiger partial charge < -0.3 is 14.2 Å². The van der Waals surface area contributed by atoms with Crippen LogP contribution in [0.25, 0.3) is 28.4 Å². The lowest BCUT2D eigenvalue weighted by molar-refractivity contribution is 0.327. The van der Waals surface area contributed by atoms with E-state index >= 15 is 0 Å². The van der Waals surface area contributed by atoms with Gasteiger partial charge in [0.25, 0.3) is 0 Å². The van der Waals surface area contributed by atoms with E-state index in [1.165, 1.54) is 0 Å². The Kier molecular flexibility index (Phi) is 6.01. The molecule has 1 saturated carbocycles. The van der Waals surface area contributed by atoms with E-state index in [0.29, 0.717) is 70.9 Å². The van der Waals surface area contributed by atoms with Crippen molar-refractivity contribution in [2.45, 2.75) is 30.8 Å². The second-order valence-corrected chi connectivity index (χ2v) is 10.4. The van der Waals surface area contributed by atoms with Gasteiger partial charge in [0, 0.05) is 6.07 Å². The maximum absolute atomic E-state index is 12.6. The van der Waals surface area contributed by atoms with Gasteiger partial charge in [-0.25, -0.2) is 18.4 Å². The van der Waals surface area contributed by atoms with Crippen molar-refractivity contribution in [1.29, 1.82) is 0 Å². The van der Waals surface area contributed by atoms with Crippen molar-refractivity contribution in [3.8, 4) is 34.6 Å². The van der Waals surface area contributed by atoms with Crippen LogP contribution in [0.5, 0.6) is 17.4 Å². The first-order valence-electron chi connectivity index (χ1n) is 11.2. The van der Waals surface area contributed by atoms with E-state index in [4.69, 9.17) is 19.2 Å². The Morgan fingerprint density at radius 3 is 2.37 bits per heavy atom. The Bertz CT molecular complexity index is 1480. The van der Waals surface area contributed by atoms with Crippen LogP contribution in [0.1, 0.15) is 25.5 Å². The summed E-state index contributed by atoms with van der Waals surface area (Å²) in [4.78, 5) is 9.31. The van der Waals surface area contributed by atoms with Crippen molar-refractivity contribution in [3.63, 3.8) is 0 Å². The van der Waals surface area contributed by atoms with Gasteiger partial charge in [0.2, 0.25) is 11.5 Å². The summed E-state index contributed by atoms with van der Waals surface area (Å²) >= 11 is 0. The fourth-order valence-electron chi connectivity index (χ4n) is 3.96. The molecule has 11 heteroatoms. The monoisotopic (exact) mass is 495 g/mol.